The average molecular weight is 477 g/mol. The number of amides is 1. The lowest BCUT2D eigenvalue weighted by molar-refractivity contribution is 0.0982. The molecular formula is C26H28N4O3S. The number of anilines is 1. The van der Waals surface area contributed by atoms with Gasteiger partial charge in [0, 0.05) is 31.2 Å². The normalized spacial score (nSPS) is 18.8. The van der Waals surface area contributed by atoms with Gasteiger partial charge < -0.3 is 4.90 Å². The molecule has 1 amide bonds. The zero-order valence-electron chi connectivity index (χ0n) is 19.1. The first-order valence-electron chi connectivity index (χ1n) is 12.1. The fraction of sp³-hybridized carbons (Fsp3) is 0.385. The van der Waals surface area contributed by atoms with Crippen LogP contribution in [-0.4, -0.2) is 48.0 Å². The Morgan fingerprint density at radius 2 is 1.68 bits per heavy atom. The molecule has 1 aliphatic carbocycles. The van der Waals surface area contributed by atoms with Crippen LogP contribution in [0, 0.1) is 0 Å². The lowest BCUT2D eigenvalue weighted by atomic mass is 10.2. The summed E-state index contributed by atoms with van der Waals surface area (Å²) in [5, 5.41) is 4.77. The molecule has 0 bridgehead atoms. The number of carbonyl (C=O) groups excluding carboxylic acids is 1. The molecule has 3 aromatic rings. The lowest BCUT2D eigenvalue weighted by Gasteiger charge is -2.26. The van der Waals surface area contributed by atoms with Crippen LogP contribution in [0.4, 0.5) is 5.69 Å². The van der Waals surface area contributed by atoms with Gasteiger partial charge in [-0.1, -0.05) is 24.6 Å². The number of benzene rings is 2. The van der Waals surface area contributed by atoms with Crippen LogP contribution in [0.25, 0.3) is 5.69 Å². The largest absolute Gasteiger partial charge is 0.306 e. The minimum absolute atomic E-state index is 0.103. The molecule has 0 radical (unpaired) electrons. The van der Waals surface area contributed by atoms with Crippen molar-refractivity contribution in [1.82, 2.24) is 14.1 Å². The van der Waals surface area contributed by atoms with Gasteiger partial charge in [0.15, 0.2) is 0 Å². The molecule has 8 heteroatoms. The van der Waals surface area contributed by atoms with Crippen molar-refractivity contribution in [3.63, 3.8) is 0 Å². The maximum atomic E-state index is 13.7. The highest BCUT2D eigenvalue weighted by Gasteiger charge is 2.34. The van der Waals surface area contributed by atoms with E-state index >= 15 is 0 Å². The monoisotopic (exact) mass is 476 g/mol. The highest BCUT2D eigenvalue weighted by molar-refractivity contribution is 7.89. The molecular weight excluding hydrogens is 448 g/mol. The Morgan fingerprint density at radius 3 is 2.41 bits per heavy atom. The van der Waals surface area contributed by atoms with E-state index in [9.17, 15) is 13.2 Å². The second-order valence-electron chi connectivity index (χ2n) is 9.44. The zero-order valence-corrected chi connectivity index (χ0v) is 19.9. The Hall–Kier alpha value is -2.97. The average Bonchev–Trinajstić information content (AvgIpc) is 3.48. The van der Waals surface area contributed by atoms with Gasteiger partial charge in [-0.15, -0.1) is 0 Å². The molecule has 0 unspecified atom stereocenters. The van der Waals surface area contributed by atoms with Crippen LogP contribution in [0.2, 0.25) is 0 Å². The molecule has 6 rings (SSSR count). The van der Waals surface area contributed by atoms with Crippen LogP contribution in [0.15, 0.2) is 59.5 Å². The first-order valence-corrected chi connectivity index (χ1v) is 13.6. The quantitative estimate of drug-likeness (QED) is 0.555. The molecule has 2 fully saturated rings. The van der Waals surface area contributed by atoms with Crippen molar-refractivity contribution in [2.24, 2.45) is 0 Å². The first-order chi connectivity index (χ1) is 16.5. The third-order valence-corrected chi connectivity index (χ3v) is 8.98. The number of nitrogens with zero attached hydrogens (tertiary/aromatic N) is 4. The summed E-state index contributed by atoms with van der Waals surface area (Å²) in [7, 11) is -3.50. The van der Waals surface area contributed by atoms with Gasteiger partial charge in [-0.3, -0.25) is 4.79 Å². The zero-order chi connectivity index (χ0) is 23.3. The number of sulfonamides is 1. The van der Waals surface area contributed by atoms with Crippen molar-refractivity contribution in [2.75, 3.05) is 24.5 Å². The highest BCUT2D eigenvalue weighted by atomic mass is 32.2. The molecule has 0 spiro atoms. The van der Waals surface area contributed by atoms with Gasteiger partial charge in [-0.25, -0.2) is 13.1 Å². The molecule has 176 valence electrons. The van der Waals surface area contributed by atoms with Crippen molar-refractivity contribution in [3.05, 3.63) is 71.5 Å². The maximum Gasteiger partial charge on any atom is 0.277 e. The molecule has 34 heavy (non-hydrogen) atoms. The van der Waals surface area contributed by atoms with E-state index in [1.165, 1.54) is 0 Å². The highest BCUT2D eigenvalue weighted by Crippen LogP contribution is 2.40. The predicted octanol–water partition coefficient (Wildman–Crippen LogP) is 4.13. The Kier molecular flexibility index (Phi) is 5.30. The fourth-order valence-corrected chi connectivity index (χ4v) is 6.61. The number of hydrogen-bond donors (Lipinski definition) is 0. The van der Waals surface area contributed by atoms with Crippen molar-refractivity contribution in [2.45, 2.75) is 49.3 Å². The Bertz CT molecular complexity index is 1340. The van der Waals surface area contributed by atoms with E-state index in [1.54, 1.807) is 32.1 Å². The van der Waals surface area contributed by atoms with Crippen LogP contribution in [0.1, 0.15) is 59.8 Å². The third kappa shape index (κ3) is 3.75. The maximum absolute atomic E-state index is 13.7. The molecule has 7 nitrogen and oxygen atoms in total. The first kappa shape index (κ1) is 21.6. The minimum Gasteiger partial charge on any atom is -0.306 e. The van der Waals surface area contributed by atoms with Crippen LogP contribution in [0.5, 0.6) is 0 Å². The van der Waals surface area contributed by atoms with E-state index in [-0.39, 0.29) is 5.91 Å². The van der Waals surface area contributed by atoms with Crippen LogP contribution in [0.3, 0.4) is 0 Å². The SMILES string of the molecule is O=C(c1cc(C2CC2)nn1-c1ccccc1)N1CCc2cc(S(=O)(=O)N3CCCCC3)ccc21. The molecule has 1 saturated carbocycles. The lowest BCUT2D eigenvalue weighted by Crippen LogP contribution is -2.35. The molecule has 3 heterocycles. The number of hydrogen-bond acceptors (Lipinski definition) is 4. The van der Waals surface area contributed by atoms with Gasteiger partial charge in [0.1, 0.15) is 5.69 Å². The van der Waals surface area contributed by atoms with E-state index in [0.717, 1.165) is 54.7 Å². The van der Waals surface area contributed by atoms with Crippen LogP contribution in [-0.2, 0) is 16.4 Å². The van der Waals surface area contributed by atoms with Gasteiger partial charge in [-0.05, 0) is 74.1 Å². The minimum atomic E-state index is -3.50. The number of piperidine rings is 1. The summed E-state index contributed by atoms with van der Waals surface area (Å²) < 4.78 is 29.6. The molecule has 3 aliphatic rings. The predicted molar refractivity (Wildman–Crippen MR) is 130 cm³/mol. The summed E-state index contributed by atoms with van der Waals surface area (Å²) in [6, 6.07) is 16.9. The van der Waals surface area contributed by atoms with Crippen molar-refractivity contribution >= 4 is 21.6 Å². The number of rotatable bonds is 5. The summed E-state index contributed by atoms with van der Waals surface area (Å²) >= 11 is 0. The molecule has 2 aromatic carbocycles. The Labute approximate surface area is 200 Å². The van der Waals surface area contributed by atoms with Gasteiger partial charge in [0.2, 0.25) is 10.0 Å². The molecule has 1 aromatic heterocycles. The van der Waals surface area contributed by atoms with E-state index in [1.807, 2.05) is 36.4 Å². The number of aromatic nitrogens is 2. The smallest absolute Gasteiger partial charge is 0.277 e. The summed E-state index contributed by atoms with van der Waals surface area (Å²) in [6.07, 6.45) is 5.75. The van der Waals surface area contributed by atoms with E-state index < -0.39 is 10.0 Å². The summed E-state index contributed by atoms with van der Waals surface area (Å²) in [5.41, 5.74) is 4.07. The van der Waals surface area contributed by atoms with Crippen molar-refractivity contribution in [1.29, 1.82) is 0 Å². The molecule has 1 saturated heterocycles. The molecule has 0 atom stereocenters. The molecule has 2 aliphatic heterocycles. The van der Waals surface area contributed by atoms with E-state index in [4.69, 9.17) is 5.10 Å². The van der Waals surface area contributed by atoms with Gasteiger partial charge >= 0.3 is 0 Å². The second-order valence-corrected chi connectivity index (χ2v) is 11.4. The third-order valence-electron chi connectivity index (χ3n) is 7.09. The van der Waals surface area contributed by atoms with E-state index in [2.05, 4.69) is 0 Å². The van der Waals surface area contributed by atoms with Crippen molar-refractivity contribution in [3.8, 4) is 5.69 Å². The standard InChI is InChI=1S/C26H28N4O3S/c31-26(25-18-23(19-9-10-19)27-30(25)21-7-3-1-4-8-21)29-16-13-20-17-22(11-12-24(20)29)34(32,33)28-14-5-2-6-15-28/h1,3-4,7-8,11-12,17-19H,2,5-6,9-10,13-16H2. The van der Waals surface area contributed by atoms with E-state index in [0.29, 0.717) is 42.6 Å². The number of carbonyl (C=O) groups is 1. The molecule has 0 N–H and O–H groups in total. The van der Waals surface area contributed by atoms with Gasteiger partial charge in [0.05, 0.1) is 16.3 Å². The van der Waals surface area contributed by atoms with Crippen LogP contribution >= 0.6 is 0 Å². The van der Waals surface area contributed by atoms with Crippen molar-refractivity contribution < 1.29 is 13.2 Å². The summed E-state index contributed by atoms with van der Waals surface area (Å²) in [6.45, 7) is 1.69. The fourth-order valence-electron chi connectivity index (χ4n) is 5.04. The number of para-hydroxylation sites is 1. The number of fused-ring (bicyclic) bond motifs is 1. The van der Waals surface area contributed by atoms with Gasteiger partial charge in [0.25, 0.3) is 5.91 Å². The van der Waals surface area contributed by atoms with Crippen LogP contribution < -0.4 is 4.90 Å². The second kappa shape index (κ2) is 8.36. The summed E-state index contributed by atoms with van der Waals surface area (Å²) in [4.78, 5) is 15.8. The Morgan fingerprint density at radius 1 is 0.912 bits per heavy atom. The van der Waals surface area contributed by atoms with Gasteiger partial charge in [-0.2, -0.15) is 9.40 Å². The summed E-state index contributed by atoms with van der Waals surface area (Å²) in [5.74, 6) is 0.332. The topological polar surface area (TPSA) is 75.5 Å². The Balaban J connectivity index is 1.32.